The summed E-state index contributed by atoms with van der Waals surface area (Å²) in [5, 5.41) is 9.32. The number of nitriles is 1. The molecule has 2 fully saturated rings. The van der Waals surface area contributed by atoms with E-state index in [9.17, 15) is 0 Å². The molecular weight excluding hydrogens is 246 g/mol. The first-order chi connectivity index (χ1) is 8.76. The second kappa shape index (κ2) is 4.82. The highest BCUT2D eigenvalue weighted by molar-refractivity contribution is 6.32. The van der Waals surface area contributed by atoms with Gasteiger partial charge in [-0.3, -0.25) is 0 Å². The topological polar surface area (TPSA) is 33.0 Å². The molecule has 2 aliphatic carbocycles. The molecular formula is C15H16ClNO. The summed E-state index contributed by atoms with van der Waals surface area (Å²) in [6.07, 6.45) is 5.51. The van der Waals surface area contributed by atoms with Gasteiger partial charge in [-0.1, -0.05) is 18.0 Å². The Morgan fingerprint density at radius 3 is 2.83 bits per heavy atom. The molecule has 1 aromatic rings. The van der Waals surface area contributed by atoms with Crippen molar-refractivity contribution in [2.75, 3.05) is 6.61 Å². The maximum Gasteiger partial charge on any atom is 0.137 e. The lowest BCUT2D eigenvalue weighted by atomic mass is 9.89. The molecule has 3 unspecified atom stereocenters. The maximum atomic E-state index is 8.78. The second-order valence-electron chi connectivity index (χ2n) is 5.50. The molecule has 3 heteroatoms. The van der Waals surface area contributed by atoms with Gasteiger partial charge in [0.05, 0.1) is 23.3 Å². The van der Waals surface area contributed by atoms with E-state index in [1.54, 1.807) is 18.2 Å². The number of fused-ring (bicyclic) bond motifs is 2. The van der Waals surface area contributed by atoms with E-state index < -0.39 is 0 Å². The Morgan fingerprint density at radius 1 is 1.33 bits per heavy atom. The third-order valence-electron chi connectivity index (χ3n) is 4.40. The summed E-state index contributed by atoms with van der Waals surface area (Å²) in [6, 6.07) is 7.29. The van der Waals surface area contributed by atoms with E-state index in [0.29, 0.717) is 22.3 Å². The summed E-state index contributed by atoms with van der Waals surface area (Å²) in [7, 11) is 0. The molecule has 2 nitrogen and oxygen atoms in total. The minimum absolute atomic E-state index is 0.539. The van der Waals surface area contributed by atoms with Crippen molar-refractivity contribution in [3.05, 3.63) is 28.8 Å². The first-order valence-electron chi connectivity index (χ1n) is 6.58. The molecule has 2 saturated carbocycles. The number of rotatable bonds is 3. The molecule has 3 rings (SSSR count). The summed E-state index contributed by atoms with van der Waals surface area (Å²) in [5.74, 6) is 3.22. The van der Waals surface area contributed by atoms with E-state index in [-0.39, 0.29) is 0 Å². The standard InChI is InChI=1S/C15H16ClNO/c16-14-7-11(8-17)2-4-15(14)18-9-13-6-10-1-3-12(13)5-10/h2,4,7,10,12-13H,1,3,5-6,9H2. The van der Waals surface area contributed by atoms with Crippen LogP contribution in [0.5, 0.6) is 5.75 Å². The Hall–Kier alpha value is -1.20. The van der Waals surface area contributed by atoms with Gasteiger partial charge >= 0.3 is 0 Å². The highest BCUT2D eigenvalue weighted by Crippen LogP contribution is 2.48. The fraction of sp³-hybridized carbons (Fsp3) is 0.533. The molecule has 2 bridgehead atoms. The van der Waals surface area contributed by atoms with Crippen LogP contribution < -0.4 is 4.74 Å². The molecule has 94 valence electrons. The molecule has 0 amide bonds. The summed E-state index contributed by atoms with van der Waals surface area (Å²) in [5.41, 5.74) is 0.576. The minimum atomic E-state index is 0.539. The van der Waals surface area contributed by atoms with Gasteiger partial charge in [-0.2, -0.15) is 5.26 Å². The highest BCUT2D eigenvalue weighted by Gasteiger charge is 2.39. The number of hydrogen-bond donors (Lipinski definition) is 0. The summed E-state index contributed by atoms with van der Waals surface area (Å²) >= 11 is 6.10. The number of benzene rings is 1. The van der Waals surface area contributed by atoms with Crippen molar-refractivity contribution in [1.29, 1.82) is 5.26 Å². The van der Waals surface area contributed by atoms with Crippen molar-refractivity contribution >= 4 is 11.6 Å². The van der Waals surface area contributed by atoms with Gasteiger partial charge in [-0.05, 0) is 55.2 Å². The van der Waals surface area contributed by atoms with Gasteiger partial charge in [0.15, 0.2) is 0 Å². The summed E-state index contributed by atoms with van der Waals surface area (Å²) in [6.45, 7) is 0.771. The first-order valence-corrected chi connectivity index (χ1v) is 6.96. The van der Waals surface area contributed by atoms with Crippen LogP contribution in [0.1, 0.15) is 31.2 Å². The third-order valence-corrected chi connectivity index (χ3v) is 4.69. The molecule has 0 heterocycles. The molecule has 0 aromatic heterocycles. The Balaban J connectivity index is 1.62. The quantitative estimate of drug-likeness (QED) is 0.823. The molecule has 0 radical (unpaired) electrons. The van der Waals surface area contributed by atoms with E-state index in [1.165, 1.54) is 25.7 Å². The van der Waals surface area contributed by atoms with Crippen molar-refractivity contribution in [1.82, 2.24) is 0 Å². The zero-order chi connectivity index (χ0) is 12.5. The van der Waals surface area contributed by atoms with Gasteiger partial charge in [0, 0.05) is 0 Å². The predicted molar refractivity (Wildman–Crippen MR) is 70.6 cm³/mol. The zero-order valence-electron chi connectivity index (χ0n) is 10.2. The first kappa shape index (κ1) is 11.9. The second-order valence-corrected chi connectivity index (χ2v) is 5.91. The lowest BCUT2D eigenvalue weighted by Crippen LogP contribution is -2.18. The SMILES string of the molecule is N#Cc1ccc(OCC2CC3CCC2C3)c(Cl)c1. The van der Waals surface area contributed by atoms with Gasteiger partial charge in [0.1, 0.15) is 5.75 Å². The van der Waals surface area contributed by atoms with E-state index in [2.05, 4.69) is 6.07 Å². The summed E-state index contributed by atoms with van der Waals surface area (Å²) < 4.78 is 5.83. The molecule has 3 atom stereocenters. The van der Waals surface area contributed by atoms with Crippen LogP contribution in [0.25, 0.3) is 0 Å². The lowest BCUT2D eigenvalue weighted by Gasteiger charge is -2.22. The Labute approximate surface area is 113 Å². The number of hydrogen-bond acceptors (Lipinski definition) is 2. The van der Waals surface area contributed by atoms with Gasteiger partial charge in [0.25, 0.3) is 0 Å². The van der Waals surface area contributed by atoms with Crippen LogP contribution in [0, 0.1) is 29.1 Å². The smallest absolute Gasteiger partial charge is 0.137 e. The zero-order valence-corrected chi connectivity index (χ0v) is 11.0. The number of halogens is 1. The fourth-order valence-electron chi connectivity index (χ4n) is 3.46. The van der Waals surface area contributed by atoms with Crippen LogP contribution in [0.2, 0.25) is 5.02 Å². The van der Waals surface area contributed by atoms with Crippen molar-refractivity contribution in [2.24, 2.45) is 17.8 Å². The average Bonchev–Trinajstić information content (AvgIpc) is 2.99. The van der Waals surface area contributed by atoms with Gasteiger partial charge < -0.3 is 4.74 Å². The number of ether oxygens (including phenoxy) is 1. The fourth-order valence-corrected chi connectivity index (χ4v) is 3.70. The van der Waals surface area contributed by atoms with Crippen molar-refractivity contribution in [3.63, 3.8) is 0 Å². The largest absolute Gasteiger partial charge is 0.492 e. The van der Waals surface area contributed by atoms with Crippen molar-refractivity contribution in [2.45, 2.75) is 25.7 Å². The Morgan fingerprint density at radius 2 is 2.22 bits per heavy atom. The van der Waals surface area contributed by atoms with Crippen molar-refractivity contribution in [3.8, 4) is 11.8 Å². The monoisotopic (exact) mass is 261 g/mol. The third kappa shape index (κ3) is 2.20. The van der Waals surface area contributed by atoms with Gasteiger partial charge in [-0.25, -0.2) is 0 Å². The minimum Gasteiger partial charge on any atom is -0.492 e. The van der Waals surface area contributed by atoms with Crippen LogP contribution in [-0.4, -0.2) is 6.61 Å². The van der Waals surface area contributed by atoms with Crippen LogP contribution in [-0.2, 0) is 0 Å². The normalized spacial score (nSPS) is 29.2. The molecule has 18 heavy (non-hydrogen) atoms. The van der Waals surface area contributed by atoms with Gasteiger partial charge in [0.2, 0.25) is 0 Å². The predicted octanol–water partition coefficient (Wildman–Crippen LogP) is 4.03. The molecule has 2 aliphatic rings. The van der Waals surface area contributed by atoms with E-state index >= 15 is 0 Å². The average molecular weight is 262 g/mol. The van der Waals surface area contributed by atoms with Gasteiger partial charge in [-0.15, -0.1) is 0 Å². The lowest BCUT2D eigenvalue weighted by molar-refractivity contribution is 0.195. The maximum absolute atomic E-state index is 8.78. The highest BCUT2D eigenvalue weighted by atomic mass is 35.5. The summed E-state index contributed by atoms with van der Waals surface area (Å²) in [4.78, 5) is 0. The van der Waals surface area contributed by atoms with Crippen LogP contribution in [0.15, 0.2) is 18.2 Å². The van der Waals surface area contributed by atoms with Crippen molar-refractivity contribution < 1.29 is 4.74 Å². The van der Waals surface area contributed by atoms with E-state index in [0.717, 1.165) is 18.4 Å². The molecule has 0 spiro atoms. The van der Waals surface area contributed by atoms with Crippen LogP contribution in [0.3, 0.4) is 0 Å². The van der Waals surface area contributed by atoms with E-state index in [4.69, 9.17) is 21.6 Å². The molecule has 0 N–H and O–H groups in total. The molecule has 0 saturated heterocycles. The molecule has 0 aliphatic heterocycles. The van der Waals surface area contributed by atoms with Crippen LogP contribution >= 0.6 is 11.6 Å². The Kier molecular flexibility index (Phi) is 3.18. The Bertz CT molecular complexity index is 494. The van der Waals surface area contributed by atoms with Crippen LogP contribution in [0.4, 0.5) is 0 Å². The molecule has 1 aromatic carbocycles. The van der Waals surface area contributed by atoms with E-state index in [1.807, 2.05) is 0 Å². The number of nitrogens with zero attached hydrogens (tertiary/aromatic N) is 1.